The van der Waals surface area contributed by atoms with Crippen molar-refractivity contribution < 1.29 is 35.7 Å². The van der Waals surface area contributed by atoms with Gasteiger partial charge in [-0.15, -0.1) is 0 Å². The van der Waals surface area contributed by atoms with Gasteiger partial charge in [-0.3, -0.25) is 0 Å². The van der Waals surface area contributed by atoms with Gasteiger partial charge < -0.3 is 6.16 Å². The van der Waals surface area contributed by atoms with E-state index in [9.17, 15) is 0 Å². The second kappa shape index (κ2) is 4.27. The van der Waals surface area contributed by atoms with Crippen molar-refractivity contribution in [3.8, 4) is 0 Å². The minimum atomic E-state index is 0. The molecule has 0 saturated heterocycles. The molecule has 1 nitrogen and oxygen atoms in total. The van der Waals surface area contributed by atoms with Crippen molar-refractivity contribution in [1.82, 2.24) is 0 Å². The minimum Gasteiger partial charge on any atom is -1.00 e. The van der Waals surface area contributed by atoms with Gasteiger partial charge in [0, 0.05) is 0 Å². The Balaban J connectivity index is 0.000000605. The van der Waals surface area contributed by atoms with E-state index in [2.05, 4.69) is 24.3 Å². The van der Waals surface area contributed by atoms with Crippen LogP contribution >= 0.6 is 0 Å². The third-order valence-electron chi connectivity index (χ3n) is 1.89. The molecule has 1 aromatic rings. The molecule has 1 heterocycles. The Labute approximate surface area is 90.5 Å². The summed E-state index contributed by atoms with van der Waals surface area (Å²) in [6.07, 6.45) is 1.08. The van der Waals surface area contributed by atoms with Gasteiger partial charge in [0.25, 0.3) is 0 Å². The summed E-state index contributed by atoms with van der Waals surface area (Å²) < 4.78 is 5.30. The topological polar surface area (TPSA) is 9.23 Å². The van der Waals surface area contributed by atoms with E-state index in [0.29, 0.717) is 0 Å². The molecule has 0 unspecified atom stereocenters. The molecule has 0 radical (unpaired) electrons. The van der Waals surface area contributed by atoms with Crippen molar-refractivity contribution in [3.63, 3.8) is 0 Å². The van der Waals surface area contributed by atoms with E-state index in [1.54, 1.807) is 0 Å². The molecule has 54 valence electrons. The molecule has 0 N–H and O–H groups in total. The molecule has 0 amide bonds. The second-order valence-electron chi connectivity index (χ2n) is 2.57. The predicted octanol–water partition coefficient (Wildman–Crippen LogP) is -1.12. The maximum Gasteiger partial charge on any atom is 1.00 e. The van der Waals surface area contributed by atoms with Crippen molar-refractivity contribution in [2.24, 2.45) is 0 Å². The standard InChI is InChI=1S/C9H10O.Na.H/c1-2-4-9-7-10-6-5-8(9)3-1;;/h1-4H,5-7H2;;/q;+1;-1. The van der Waals surface area contributed by atoms with E-state index in [1.807, 2.05) is 0 Å². The zero-order chi connectivity index (χ0) is 6.81. The van der Waals surface area contributed by atoms with Gasteiger partial charge in [-0.2, -0.15) is 0 Å². The molecule has 2 heteroatoms. The number of hydrogen-bond donors (Lipinski definition) is 0. The van der Waals surface area contributed by atoms with Crippen LogP contribution in [0.25, 0.3) is 0 Å². The summed E-state index contributed by atoms with van der Waals surface area (Å²) in [4.78, 5) is 0. The van der Waals surface area contributed by atoms with E-state index in [4.69, 9.17) is 4.74 Å². The van der Waals surface area contributed by atoms with Gasteiger partial charge in [0.05, 0.1) is 13.2 Å². The summed E-state index contributed by atoms with van der Waals surface area (Å²) in [5.41, 5.74) is 2.81. The smallest absolute Gasteiger partial charge is 1.00 e. The molecule has 1 aromatic carbocycles. The SMILES string of the molecule is [H-].[Na+].c1ccc2c(c1)CCOC2. The van der Waals surface area contributed by atoms with Crippen molar-refractivity contribution in [2.75, 3.05) is 6.61 Å². The summed E-state index contributed by atoms with van der Waals surface area (Å²) in [5.74, 6) is 0. The number of rotatable bonds is 0. The van der Waals surface area contributed by atoms with E-state index in [-0.39, 0.29) is 31.0 Å². The molecule has 0 bridgehead atoms. The van der Waals surface area contributed by atoms with Gasteiger partial charge >= 0.3 is 29.6 Å². The average molecular weight is 158 g/mol. The van der Waals surface area contributed by atoms with E-state index in [1.165, 1.54) is 11.1 Å². The van der Waals surface area contributed by atoms with Gasteiger partial charge in [0.2, 0.25) is 0 Å². The van der Waals surface area contributed by atoms with Gasteiger partial charge in [-0.1, -0.05) is 24.3 Å². The molecule has 0 atom stereocenters. The van der Waals surface area contributed by atoms with Crippen molar-refractivity contribution in [3.05, 3.63) is 35.4 Å². The molecule has 1 aliphatic rings. The van der Waals surface area contributed by atoms with Gasteiger partial charge in [-0.05, 0) is 17.5 Å². The Kier molecular flexibility index (Phi) is 3.60. The first-order valence-corrected chi connectivity index (χ1v) is 3.61. The zero-order valence-corrected chi connectivity index (χ0v) is 8.84. The summed E-state index contributed by atoms with van der Waals surface area (Å²) in [7, 11) is 0. The molecular weight excluding hydrogens is 147 g/mol. The monoisotopic (exact) mass is 158 g/mol. The fourth-order valence-corrected chi connectivity index (χ4v) is 1.31. The van der Waals surface area contributed by atoms with Crippen LogP contribution < -0.4 is 29.6 Å². The van der Waals surface area contributed by atoms with Gasteiger partial charge in [-0.25, -0.2) is 0 Å². The fraction of sp³-hybridized carbons (Fsp3) is 0.333. The molecular formula is C9H11NaO. The van der Waals surface area contributed by atoms with E-state index >= 15 is 0 Å². The van der Waals surface area contributed by atoms with Crippen molar-refractivity contribution in [1.29, 1.82) is 0 Å². The number of ether oxygens (including phenoxy) is 1. The Morgan fingerprint density at radius 3 is 2.64 bits per heavy atom. The summed E-state index contributed by atoms with van der Waals surface area (Å²) in [6.45, 7) is 1.69. The molecule has 11 heavy (non-hydrogen) atoms. The van der Waals surface area contributed by atoms with Crippen LogP contribution in [0.1, 0.15) is 12.6 Å². The Bertz CT molecular complexity index is 215. The zero-order valence-electron chi connectivity index (χ0n) is 7.84. The molecule has 0 saturated carbocycles. The van der Waals surface area contributed by atoms with Crippen LogP contribution in [0.15, 0.2) is 24.3 Å². The largest absolute Gasteiger partial charge is 1.00 e. The normalized spacial score (nSPS) is 14.9. The molecule has 1 aliphatic heterocycles. The third-order valence-corrected chi connectivity index (χ3v) is 1.89. The van der Waals surface area contributed by atoms with Crippen LogP contribution in [0.5, 0.6) is 0 Å². The van der Waals surface area contributed by atoms with Crippen LogP contribution in [0, 0.1) is 0 Å². The molecule has 0 aromatic heterocycles. The van der Waals surface area contributed by atoms with Crippen LogP contribution in [0.3, 0.4) is 0 Å². The fourth-order valence-electron chi connectivity index (χ4n) is 1.31. The number of hydrogen-bond acceptors (Lipinski definition) is 1. The number of fused-ring (bicyclic) bond motifs is 1. The molecule has 0 fully saturated rings. The van der Waals surface area contributed by atoms with Crippen LogP contribution in [0.4, 0.5) is 0 Å². The maximum atomic E-state index is 5.30. The summed E-state index contributed by atoms with van der Waals surface area (Å²) >= 11 is 0. The third kappa shape index (κ3) is 2.06. The Hall–Kier alpha value is 0.180. The molecule has 0 aliphatic carbocycles. The van der Waals surface area contributed by atoms with E-state index < -0.39 is 0 Å². The number of benzene rings is 1. The molecule has 2 rings (SSSR count). The van der Waals surface area contributed by atoms with Crippen molar-refractivity contribution in [2.45, 2.75) is 13.0 Å². The van der Waals surface area contributed by atoms with Gasteiger partial charge in [0.1, 0.15) is 0 Å². The van der Waals surface area contributed by atoms with Crippen LogP contribution in [-0.4, -0.2) is 6.61 Å². The Morgan fingerprint density at radius 1 is 1.18 bits per heavy atom. The van der Waals surface area contributed by atoms with Crippen LogP contribution in [-0.2, 0) is 17.8 Å². The Morgan fingerprint density at radius 2 is 1.91 bits per heavy atom. The second-order valence-corrected chi connectivity index (χ2v) is 2.57. The minimum absolute atomic E-state index is 0. The van der Waals surface area contributed by atoms with Crippen LogP contribution in [0.2, 0.25) is 0 Å². The maximum absolute atomic E-state index is 5.30. The first-order chi connectivity index (χ1) is 4.97. The van der Waals surface area contributed by atoms with E-state index in [0.717, 1.165) is 19.6 Å². The first-order valence-electron chi connectivity index (χ1n) is 3.61. The predicted molar refractivity (Wildman–Crippen MR) is 40.9 cm³/mol. The summed E-state index contributed by atoms with van der Waals surface area (Å²) in [5, 5.41) is 0. The average Bonchev–Trinajstić information content (AvgIpc) is 2.05. The van der Waals surface area contributed by atoms with Gasteiger partial charge in [0.15, 0.2) is 0 Å². The first kappa shape index (κ1) is 9.27. The quantitative estimate of drug-likeness (QED) is 0.434. The summed E-state index contributed by atoms with van der Waals surface area (Å²) in [6, 6.07) is 8.46. The van der Waals surface area contributed by atoms with Crippen molar-refractivity contribution >= 4 is 0 Å². The molecule has 0 spiro atoms.